The third kappa shape index (κ3) is 4.42. The van der Waals surface area contributed by atoms with Crippen molar-refractivity contribution in [3.05, 3.63) is 34.3 Å². The van der Waals surface area contributed by atoms with Crippen molar-refractivity contribution in [2.45, 2.75) is 25.5 Å². The molecule has 2 aromatic rings. The number of amides is 1. The molecule has 0 aliphatic rings. The van der Waals surface area contributed by atoms with Crippen LogP contribution in [0.3, 0.4) is 0 Å². The Kier molecular flexibility index (Phi) is 5.09. The van der Waals surface area contributed by atoms with Gasteiger partial charge in [-0.1, -0.05) is 11.8 Å². The van der Waals surface area contributed by atoms with Crippen LogP contribution in [0.4, 0.5) is 0 Å². The third-order valence-electron chi connectivity index (χ3n) is 2.70. The van der Waals surface area contributed by atoms with Gasteiger partial charge in [-0.15, -0.1) is 0 Å². The van der Waals surface area contributed by atoms with E-state index in [0.717, 1.165) is 5.69 Å². The van der Waals surface area contributed by atoms with Crippen molar-refractivity contribution in [2.24, 2.45) is 0 Å². The zero-order valence-electron chi connectivity index (χ0n) is 11.8. The topological polar surface area (TPSA) is 106 Å². The lowest BCUT2D eigenvalue weighted by atomic mass is 10.3. The maximum absolute atomic E-state index is 11.8. The largest absolute Gasteiger partial charge is 0.354 e. The summed E-state index contributed by atoms with van der Waals surface area (Å²) in [4.78, 5) is 31.3. The lowest BCUT2D eigenvalue weighted by molar-refractivity contribution is -0.121. The summed E-state index contributed by atoms with van der Waals surface area (Å²) in [6.07, 6.45) is 1.43. The number of carbonyl (C=O) groups is 1. The molecule has 2 N–H and O–H groups in total. The highest BCUT2D eigenvalue weighted by atomic mass is 32.2. The number of hydrogen-bond acceptors (Lipinski definition) is 6. The summed E-state index contributed by atoms with van der Waals surface area (Å²) in [7, 11) is 0. The Morgan fingerprint density at radius 3 is 2.95 bits per heavy atom. The maximum atomic E-state index is 11.8. The maximum Gasteiger partial charge on any atom is 0.348 e. The molecule has 1 amide bonds. The van der Waals surface area contributed by atoms with Crippen LogP contribution in [0, 0.1) is 13.8 Å². The Morgan fingerprint density at radius 2 is 2.29 bits per heavy atom. The molecule has 8 nitrogen and oxygen atoms in total. The van der Waals surface area contributed by atoms with Gasteiger partial charge in [0.15, 0.2) is 5.16 Å². The molecular weight excluding hydrogens is 292 g/mol. The average molecular weight is 308 g/mol. The highest BCUT2D eigenvalue weighted by Crippen LogP contribution is 2.08. The number of thioether (sulfide) groups is 1. The van der Waals surface area contributed by atoms with Crippen molar-refractivity contribution in [3.63, 3.8) is 0 Å². The van der Waals surface area contributed by atoms with Crippen LogP contribution in [0.25, 0.3) is 0 Å². The van der Waals surface area contributed by atoms with Gasteiger partial charge in [-0.2, -0.15) is 10.1 Å². The fourth-order valence-electron chi connectivity index (χ4n) is 1.77. The van der Waals surface area contributed by atoms with E-state index in [0.29, 0.717) is 23.1 Å². The summed E-state index contributed by atoms with van der Waals surface area (Å²) < 4.78 is 1.35. The number of hydrogen-bond donors (Lipinski definition) is 2. The Morgan fingerprint density at radius 1 is 1.48 bits per heavy atom. The number of rotatable bonds is 6. The van der Waals surface area contributed by atoms with Crippen LogP contribution < -0.4 is 11.0 Å². The van der Waals surface area contributed by atoms with Gasteiger partial charge < -0.3 is 5.32 Å². The monoisotopic (exact) mass is 308 g/mol. The van der Waals surface area contributed by atoms with E-state index < -0.39 is 5.69 Å². The van der Waals surface area contributed by atoms with Crippen LogP contribution >= 0.6 is 11.8 Å². The lowest BCUT2D eigenvalue weighted by Gasteiger charge is -2.09. The molecule has 0 radical (unpaired) electrons. The predicted octanol–water partition coefficient (Wildman–Crippen LogP) is -0.113. The Labute approximate surface area is 125 Å². The molecule has 0 fully saturated rings. The number of nitrogens with one attached hydrogen (secondary N) is 2. The zero-order chi connectivity index (χ0) is 15.2. The van der Waals surface area contributed by atoms with Crippen molar-refractivity contribution in [3.8, 4) is 0 Å². The molecule has 0 bridgehead atoms. The van der Waals surface area contributed by atoms with E-state index >= 15 is 0 Å². The van der Waals surface area contributed by atoms with E-state index in [-0.39, 0.29) is 12.5 Å². The molecule has 0 spiro atoms. The second-order valence-corrected chi connectivity index (χ2v) is 5.48. The van der Waals surface area contributed by atoms with Crippen LogP contribution in [0.15, 0.2) is 22.3 Å². The van der Waals surface area contributed by atoms with Crippen LogP contribution in [-0.2, 0) is 11.3 Å². The average Bonchev–Trinajstić information content (AvgIpc) is 2.92. The molecule has 0 unspecified atom stereocenters. The first-order valence-electron chi connectivity index (χ1n) is 6.36. The molecule has 2 heterocycles. The third-order valence-corrected chi connectivity index (χ3v) is 3.58. The first kappa shape index (κ1) is 15.2. The summed E-state index contributed by atoms with van der Waals surface area (Å²) >= 11 is 1.46. The fraction of sp³-hybridized carbons (Fsp3) is 0.417. The van der Waals surface area contributed by atoms with Crippen molar-refractivity contribution in [1.29, 1.82) is 0 Å². The van der Waals surface area contributed by atoms with Crippen LogP contribution in [0.2, 0.25) is 0 Å². The Hall–Kier alpha value is -2.16. The van der Waals surface area contributed by atoms with Gasteiger partial charge in [0.25, 0.3) is 0 Å². The first-order chi connectivity index (χ1) is 10.1. The van der Waals surface area contributed by atoms with E-state index in [1.54, 1.807) is 19.9 Å². The van der Waals surface area contributed by atoms with Crippen LogP contribution in [0.1, 0.15) is 11.4 Å². The minimum absolute atomic E-state index is 0.0229. The number of aryl methyl sites for hydroxylation is 2. The summed E-state index contributed by atoms with van der Waals surface area (Å²) in [6.45, 7) is 3.99. The number of nitrogens with zero attached hydrogens (tertiary/aromatic N) is 4. The van der Waals surface area contributed by atoms with Gasteiger partial charge in [0.2, 0.25) is 5.91 Å². The standard InChI is InChI=1S/C12H16N6O2S/c1-8-5-9(2)18(12(20)16-8)6-10(19)13-3-4-21-11-14-7-15-17-11/h5,7H,3-4,6H2,1-2H3,(H,13,19)(H,14,15,17). The van der Waals surface area contributed by atoms with Crippen molar-refractivity contribution in [2.75, 3.05) is 12.3 Å². The fourth-order valence-corrected chi connectivity index (χ4v) is 2.40. The molecule has 9 heteroatoms. The molecule has 0 aliphatic carbocycles. The van der Waals surface area contributed by atoms with Gasteiger partial charge in [-0.3, -0.25) is 14.5 Å². The van der Waals surface area contributed by atoms with Gasteiger partial charge in [0, 0.05) is 23.7 Å². The van der Waals surface area contributed by atoms with Crippen LogP contribution in [0.5, 0.6) is 0 Å². The van der Waals surface area contributed by atoms with E-state index in [1.165, 1.54) is 22.7 Å². The van der Waals surface area contributed by atoms with E-state index in [1.807, 2.05) is 0 Å². The summed E-state index contributed by atoms with van der Waals surface area (Å²) in [5, 5.41) is 9.91. The minimum atomic E-state index is -0.404. The van der Waals surface area contributed by atoms with Gasteiger partial charge >= 0.3 is 5.69 Å². The zero-order valence-corrected chi connectivity index (χ0v) is 12.6. The van der Waals surface area contributed by atoms with Gasteiger partial charge in [0.1, 0.15) is 12.9 Å². The number of H-pyrrole nitrogens is 1. The number of aromatic nitrogens is 5. The Bertz CT molecular complexity index is 667. The van der Waals surface area contributed by atoms with Gasteiger partial charge in [-0.25, -0.2) is 9.78 Å². The molecule has 2 aromatic heterocycles. The highest BCUT2D eigenvalue weighted by molar-refractivity contribution is 7.99. The molecule has 0 saturated heterocycles. The molecule has 21 heavy (non-hydrogen) atoms. The molecule has 112 valence electrons. The molecular formula is C12H16N6O2S. The smallest absolute Gasteiger partial charge is 0.348 e. The molecule has 0 saturated carbocycles. The van der Waals surface area contributed by atoms with E-state index in [9.17, 15) is 9.59 Å². The van der Waals surface area contributed by atoms with Crippen molar-refractivity contribution < 1.29 is 4.79 Å². The number of aromatic amines is 1. The number of carbonyl (C=O) groups excluding carboxylic acids is 1. The minimum Gasteiger partial charge on any atom is -0.354 e. The second kappa shape index (κ2) is 7.02. The highest BCUT2D eigenvalue weighted by Gasteiger charge is 2.08. The van der Waals surface area contributed by atoms with Crippen molar-refractivity contribution in [1.82, 2.24) is 30.0 Å². The molecule has 0 atom stereocenters. The summed E-state index contributed by atoms with van der Waals surface area (Å²) in [5.74, 6) is 0.449. The lowest BCUT2D eigenvalue weighted by Crippen LogP contribution is -2.35. The van der Waals surface area contributed by atoms with Crippen LogP contribution in [-0.4, -0.2) is 42.9 Å². The van der Waals surface area contributed by atoms with E-state index in [4.69, 9.17) is 0 Å². The molecule has 2 rings (SSSR count). The summed E-state index contributed by atoms with van der Waals surface area (Å²) in [5.41, 5.74) is 0.968. The van der Waals surface area contributed by atoms with Gasteiger partial charge in [0.05, 0.1) is 0 Å². The summed E-state index contributed by atoms with van der Waals surface area (Å²) in [6, 6.07) is 1.77. The normalized spacial score (nSPS) is 10.6. The predicted molar refractivity (Wildman–Crippen MR) is 78.1 cm³/mol. The van der Waals surface area contributed by atoms with Crippen molar-refractivity contribution >= 4 is 17.7 Å². The first-order valence-corrected chi connectivity index (χ1v) is 7.35. The van der Waals surface area contributed by atoms with E-state index in [2.05, 4.69) is 25.5 Å². The second-order valence-electron chi connectivity index (χ2n) is 4.40. The molecule has 0 aliphatic heterocycles. The Balaban J connectivity index is 1.81. The van der Waals surface area contributed by atoms with Gasteiger partial charge in [-0.05, 0) is 19.9 Å². The quantitative estimate of drug-likeness (QED) is 0.569. The molecule has 0 aromatic carbocycles. The SMILES string of the molecule is Cc1cc(C)n(CC(=O)NCCSc2ncn[nH]2)c(=O)n1.